The quantitative estimate of drug-likeness (QED) is 0.798. The molecule has 1 aliphatic heterocycles. The molecule has 2 heterocycles. The van der Waals surface area contributed by atoms with Gasteiger partial charge in [0.25, 0.3) is 0 Å². The van der Waals surface area contributed by atoms with Gasteiger partial charge in [0.2, 0.25) is 5.76 Å². The smallest absolute Gasteiger partial charge is 0.373 e. The first-order chi connectivity index (χ1) is 8.93. The van der Waals surface area contributed by atoms with Gasteiger partial charge in [-0.2, -0.15) is 11.8 Å². The third-order valence-electron chi connectivity index (χ3n) is 3.43. The summed E-state index contributed by atoms with van der Waals surface area (Å²) >= 11 is 2.00. The van der Waals surface area contributed by atoms with E-state index in [0.717, 1.165) is 24.6 Å². The van der Waals surface area contributed by atoms with Crippen molar-refractivity contribution in [2.24, 2.45) is 0 Å². The number of ether oxygens (including phenoxy) is 1. The number of furan rings is 1. The second kappa shape index (κ2) is 5.59. The lowest BCUT2D eigenvalue weighted by Crippen LogP contribution is -2.44. The third kappa shape index (κ3) is 3.34. The summed E-state index contributed by atoms with van der Waals surface area (Å²) < 4.78 is 10.5. The molecular formula is C14H21NO3S. The number of methoxy groups -OCH3 is 1. The minimum Gasteiger partial charge on any atom is -0.463 e. The van der Waals surface area contributed by atoms with E-state index in [1.54, 1.807) is 6.07 Å². The van der Waals surface area contributed by atoms with Crippen LogP contribution in [0.4, 0.5) is 0 Å². The van der Waals surface area contributed by atoms with E-state index in [1.807, 2.05) is 17.8 Å². The van der Waals surface area contributed by atoms with Gasteiger partial charge in [-0.15, -0.1) is 0 Å². The van der Waals surface area contributed by atoms with E-state index in [2.05, 4.69) is 30.4 Å². The van der Waals surface area contributed by atoms with E-state index >= 15 is 0 Å². The molecule has 0 spiro atoms. The molecule has 0 amide bonds. The average molecular weight is 283 g/mol. The van der Waals surface area contributed by atoms with Crippen molar-refractivity contribution < 1.29 is 13.9 Å². The molecule has 1 aromatic heterocycles. The van der Waals surface area contributed by atoms with E-state index in [0.29, 0.717) is 0 Å². The van der Waals surface area contributed by atoms with Crippen LogP contribution in [0, 0.1) is 0 Å². The normalized spacial score (nSPS) is 21.1. The molecule has 0 radical (unpaired) electrons. The second-order valence-electron chi connectivity index (χ2n) is 5.45. The monoisotopic (exact) mass is 283 g/mol. The molecule has 19 heavy (non-hydrogen) atoms. The molecule has 1 aliphatic rings. The van der Waals surface area contributed by atoms with Crippen LogP contribution in [-0.2, 0) is 4.74 Å². The Morgan fingerprint density at radius 1 is 1.53 bits per heavy atom. The van der Waals surface area contributed by atoms with E-state index in [4.69, 9.17) is 4.42 Å². The predicted molar refractivity (Wildman–Crippen MR) is 76.6 cm³/mol. The summed E-state index contributed by atoms with van der Waals surface area (Å²) in [5.74, 6) is 1.80. The van der Waals surface area contributed by atoms with Crippen molar-refractivity contribution in [3.63, 3.8) is 0 Å². The standard InChI is InChI=1S/C14H21NO3S/c1-10(15-7-8-19-14(2,3)9-15)11-5-6-12(18-11)13(16)17-4/h5-6,10H,7-9H2,1-4H3. The SMILES string of the molecule is COC(=O)c1ccc(C(C)N2CCSC(C)(C)C2)o1. The molecule has 1 saturated heterocycles. The van der Waals surface area contributed by atoms with Crippen LogP contribution in [0.15, 0.2) is 16.5 Å². The lowest BCUT2D eigenvalue weighted by atomic mass is 10.1. The fourth-order valence-electron chi connectivity index (χ4n) is 2.35. The van der Waals surface area contributed by atoms with Crippen molar-refractivity contribution in [3.8, 4) is 0 Å². The number of rotatable bonds is 3. The lowest BCUT2D eigenvalue weighted by Gasteiger charge is -2.40. The molecule has 5 heteroatoms. The molecule has 0 aliphatic carbocycles. The number of hydrogen-bond donors (Lipinski definition) is 0. The summed E-state index contributed by atoms with van der Waals surface area (Å²) in [5.41, 5.74) is 0. The number of nitrogens with zero attached hydrogens (tertiary/aromatic N) is 1. The first-order valence-corrected chi connectivity index (χ1v) is 7.47. The van der Waals surface area contributed by atoms with E-state index in [1.165, 1.54) is 7.11 Å². The molecule has 0 N–H and O–H groups in total. The number of thioether (sulfide) groups is 1. The Hall–Kier alpha value is -0.940. The average Bonchev–Trinajstić information content (AvgIpc) is 2.85. The van der Waals surface area contributed by atoms with Crippen LogP contribution >= 0.6 is 11.8 Å². The van der Waals surface area contributed by atoms with Crippen molar-refractivity contribution in [1.29, 1.82) is 0 Å². The predicted octanol–water partition coefficient (Wildman–Crippen LogP) is 2.95. The topological polar surface area (TPSA) is 42.7 Å². The van der Waals surface area contributed by atoms with Gasteiger partial charge in [-0.25, -0.2) is 4.79 Å². The van der Waals surface area contributed by atoms with Gasteiger partial charge in [0.05, 0.1) is 13.2 Å². The summed E-state index contributed by atoms with van der Waals surface area (Å²) in [4.78, 5) is 13.8. The summed E-state index contributed by atoms with van der Waals surface area (Å²) in [6.07, 6.45) is 0. The number of carbonyl (C=O) groups is 1. The number of carbonyl (C=O) groups excluding carboxylic acids is 1. The van der Waals surface area contributed by atoms with E-state index in [-0.39, 0.29) is 16.5 Å². The molecule has 1 unspecified atom stereocenters. The first-order valence-electron chi connectivity index (χ1n) is 6.49. The van der Waals surface area contributed by atoms with Gasteiger partial charge in [-0.3, -0.25) is 4.90 Å². The lowest BCUT2D eigenvalue weighted by molar-refractivity contribution is 0.0558. The maximum absolute atomic E-state index is 11.4. The summed E-state index contributed by atoms with van der Waals surface area (Å²) in [7, 11) is 1.36. The summed E-state index contributed by atoms with van der Waals surface area (Å²) in [6.45, 7) is 8.71. The molecule has 106 valence electrons. The largest absolute Gasteiger partial charge is 0.463 e. The van der Waals surface area contributed by atoms with Crippen molar-refractivity contribution in [2.45, 2.75) is 31.6 Å². The molecule has 1 fully saturated rings. The molecule has 0 bridgehead atoms. The van der Waals surface area contributed by atoms with Crippen LogP contribution in [0.3, 0.4) is 0 Å². The van der Waals surface area contributed by atoms with Crippen LogP contribution in [0.1, 0.15) is 43.1 Å². The van der Waals surface area contributed by atoms with Crippen LogP contribution in [0.5, 0.6) is 0 Å². The molecular weight excluding hydrogens is 262 g/mol. The highest BCUT2D eigenvalue weighted by atomic mass is 32.2. The number of esters is 1. The fraction of sp³-hybridized carbons (Fsp3) is 0.643. The Labute approximate surface area is 118 Å². The highest BCUT2D eigenvalue weighted by Gasteiger charge is 2.31. The van der Waals surface area contributed by atoms with Gasteiger partial charge in [-0.05, 0) is 32.9 Å². The molecule has 1 aromatic rings. The van der Waals surface area contributed by atoms with Gasteiger partial charge in [0.15, 0.2) is 0 Å². The summed E-state index contributed by atoms with van der Waals surface area (Å²) in [5, 5.41) is 0. The maximum Gasteiger partial charge on any atom is 0.373 e. The zero-order chi connectivity index (χ0) is 14.0. The van der Waals surface area contributed by atoms with Crippen LogP contribution in [0.2, 0.25) is 0 Å². The number of hydrogen-bond acceptors (Lipinski definition) is 5. The maximum atomic E-state index is 11.4. The van der Waals surface area contributed by atoms with Gasteiger partial charge in [0, 0.05) is 23.6 Å². The molecule has 1 atom stereocenters. The van der Waals surface area contributed by atoms with Crippen LogP contribution in [-0.4, -0.2) is 41.6 Å². The van der Waals surface area contributed by atoms with Crippen LogP contribution in [0.25, 0.3) is 0 Å². The summed E-state index contributed by atoms with van der Waals surface area (Å²) in [6, 6.07) is 3.73. The Kier molecular flexibility index (Phi) is 4.26. The highest BCUT2D eigenvalue weighted by molar-refractivity contribution is 8.00. The van der Waals surface area contributed by atoms with E-state index < -0.39 is 5.97 Å². The first kappa shape index (κ1) is 14.5. The van der Waals surface area contributed by atoms with Crippen molar-refractivity contribution in [2.75, 3.05) is 26.0 Å². The molecule has 0 saturated carbocycles. The van der Waals surface area contributed by atoms with E-state index in [9.17, 15) is 4.79 Å². The molecule has 4 nitrogen and oxygen atoms in total. The van der Waals surface area contributed by atoms with Gasteiger partial charge >= 0.3 is 5.97 Å². The minimum atomic E-state index is -0.423. The van der Waals surface area contributed by atoms with Crippen LogP contribution < -0.4 is 0 Å². The van der Waals surface area contributed by atoms with Crippen molar-refractivity contribution in [3.05, 3.63) is 23.7 Å². The van der Waals surface area contributed by atoms with Gasteiger partial charge in [0.1, 0.15) is 5.76 Å². The van der Waals surface area contributed by atoms with Gasteiger partial charge < -0.3 is 9.15 Å². The van der Waals surface area contributed by atoms with Gasteiger partial charge in [-0.1, -0.05) is 0 Å². The molecule has 2 rings (SSSR count). The Balaban J connectivity index is 2.09. The Morgan fingerprint density at radius 2 is 2.26 bits per heavy atom. The zero-order valence-corrected chi connectivity index (χ0v) is 12.8. The highest BCUT2D eigenvalue weighted by Crippen LogP contribution is 2.34. The molecule has 0 aromatic carbocycles. The third-order valence-corrected chi connectivity index (χ3v) is 4.73. The minimum absolute atomic E-state index is 0.179. The zero-order valence-electron chi connectivity index (χ0n) is 11.9. The second-order valence-corrected chi connectivity index (χ2v) is 7.25. The van der Waals surface area contributed by atoms with Crippen molar-refractivity contribution in [1.82, 2.24) is 4.90 Å². The fourth-order valence-corrected chi connectivity index (χ4v) is 3.49. The Bertz CT molecular complexity index is 455. The van der Waals surface area contributed by atoms with Crippen molar-refractivity contribution >= 4 is 17.7 Å². The Morgan fingerprint density at radius 3 is 2.89 bits per heavy atom.